The van der Waals surface area contributed by atoms with Gasteiger partial charge in [0, 0.05) is 12.8 Å². The van der Waals surface area contributed by atoms with Crippen LogP contribution in [0.4, 0.5) is 4.39 Å². The van der Waals surface area contributed by atoms with Crippen molar-refractivity contribution in [2.45, 2.75) is 37.4 Å². The first-order valence-electron chi connectivity index (χ1n) is 7.88. The lowest BCUT2D eigenvalue weighted by atomic mass is 10.1. The van der Waals surface area contributed by atoms with Gasteiger partial charge in [0.1, 0.15) is 16.7 Å². The van der Waals surface area contributed by atoms with E-state index < -0.39 is 28.0 Å². The number of benzene rings is 1. The van der Waals surface area contributed by atoms with Gasteiger partial charge in [-0.2, -0.15) is 0 Å². The van der Waals surface area contributed by atoms with Crippen molar-refractivity contribution in [1.82, 2.24) is 4.57 Å². The molecule has 0 bridgehead atoms. The van der Waals surface area contributed by atoms with Gasteiger partial charge in [0.05, 0.1) is 28.8 Å². The summed E-state index contributed by atoms with van der Waals surface area (Å²) in [6.45, 7) is 2.02. The monoisotopic (exact) mass is 367 g/mol. The molecule has 1 aromatic carbocycles. The first kappa shape index (κ1) is 17.6. The van der Waals surface area contributed by atoms with Crippen molar-refractivity contribution >= 4 is 27.7 Å². The summed E-state index contributed by atoms with van der Waals surface area (Å²) in [6.07, 6.45) is 2.68. The van der Waals surface area contributed by atoms with E-state index in [0.717, 1.165) is 18.9 Å². The predicted octanol–water partition coefficient (Wildman–Crippen LogP) is 2.23. The minimum Gasteiger partial charge on any atom is -0.492 e. The Kier molecular flexibility index (Phi) is 4.64. The maximum Gasteiger partial charge on any atom is 0.345 e. The van der Waals surface area contributed by atoms with E-state index in [1.54, 1.807) is 6.92 Å². The minimum absolute atomic E-state index is 0.0227. The Morgan fingerprint density at radius 3 is 2.60 bits per heavy atom. The molecule has 0 radical (unpaired) electrons. The number of rotatable bonds is 5. The first-order valence-corrected chi connectivity index (χ1v) is 9.43. The van der Waals surface area contributed by atoms with Gasteiger partial charge in [0.15, 0.2) is 11.6 Å². The Balaban J connectivity index is 2.44. The van der Waals surface area contributed by atoms with Crippen LogP contribution in [0.25, 0.3) is 10.9 Å². The topological polar surface area (TPSA) is 74.6 Å². The number of carbonyl (C=O) groups excluding carboxylic acids is 1. The summed E-state index contributed by atoms with van der Waals surface area (Å²) in [5, 5.41) is 0.145. The summed E-state index contributed by atoms with van der Waals surface area (Å²) < 4.78 is 38.3. The maximum absolute atomic E-state index is 14.1. The molecule has 2 aromatic rings. The number of hydrogen-bond donors (Lipinski definition) is 0. The number of pyridine rings is 1. The van der Waals surface area contributed by atoms with Crippen molar-refractivity contribution in [3.63, 3.8) is 0 Å². The number of aromatic nitrogens is 1. The van der Waals surface area contributed by atoms with Gasteiger partial charge < -0.3 is 14.0 Å². The molecule has 0 amide bonds. The summed E-state index contributed by atoms with van der Waals surface area (Å²) in [4.78, 5) is 25.4. The van der Waals surface area contributed by atoms with Crippen LogP contribution in [0.3, 0.4) is 0 Å². The van der Waals surface area contributed by atoms with Crippen LogP contribution in [0.2, 0.25) is 0 Å². The van der Waals surface area contributed by atoms with Crippen molar-refractivity contribution in [2.24, 2.45) is 0 Å². The number of halogens is 1. The van der Waals surface area contributed by atoms with Crippen LogP contribution in [-0.4, -0.2) is 34.2 Å². The van der Waals surface area contributed by atoms with E-state index in [-0.39, 0.29) is 39.9 Å². The van der Waals surface area contributed by atoms with E-state index in [4.69, 9.17) is 9.47 Å². The van der Waals surface area contributed by atoms with E-state index in [1.807, 2.05) is 0 Å². The smallest absolute Gasteiger partial charge is 0.345 e. The molecule has 1 heterocycles. The van der Waals surface area contributed by atoms with Gasteiger partial charge in [-0.15, -0.1) is 0 Å². The molecule has 6 nitrogen and oxygen atoms in total. The molecular weight excluding hydrogens is 349 g/mol. The van der Waals surface area contributed by atoms with Gasteiger partial charge in [0.2, 0.25) is 5.43 Å². The fourth-order valence-electron chi connectivity index (χ4n) is 2.84. The standard InChI is InChI=1S/C17H18FNO5S/c1-4-19-13-10(7-8-11(18)15(13)23-2)14(20)12(16(19)25(3)22)17(21)24-9-5-6-9/h7-9H,4-6H2,1-3H3. The highest BCUT2D eigenvalue weighted by Crippen LogP contribution is 2.31. The Labute approximate surface area is 146 Å². The highest BCUT2D eigenvalue weighted by molar-refractivity contribution is 7.84. The average molecular weight is 367 g/mol. The van der Waals surface area contributed by atoms with E-state index in [2.05, 4.69) is 0 Å². The summed E-state index contributed by atoms with van der Waals surface area (Å²) in [6, 6.07) is 2.42. The van der Waals surface area contributed by atoms with Crippen LogP contribution in [-0.2, 0) is 22.1 Å². The van der Waals surface area contributed by atoms with Gasteiger partial charge in [-0.3, -0.25) is 9.00 Å². The van der Waals surface area contributed by atoms with Crippen LogP contribution < -0.4 is 10.2 Å². The third-order valence-corrected chi connectivity index (χ3v) is 5.05. The molecule has 134 valence electrons. The molecule has 3 rings (SSSR count). The number of fused-ring (bicyclic) bond motifs is 1. The first-order chi connectivity index (χ1) is 11.9. The summed E-state index contributed by atoms with van der Waals surface area (Å²) in [5.74, 6) is -1.55. The second-order valence-electron chi connectivity index (χ2n) is 5.79. The zero-order chi connectivity index (χ0) is 18.3. The van der Waals surface area contributed by atoms with Gasteiger partial charge in [-0.05, 0) is 31.9 Å². The van der Waals surface area contributed by atoms with E-state index in [9.17, 15) is 18.2 Å². The Morgan fingerprint density at radius 2 is 2.08 bits per heavy atom. The molecule has 1 aromatic heterocycles. The van der Waals surface area contributed by atoms with Gasteiger partial charge in [-0.1, -0.05) is 0 Å². The molecule has 0 N–H and O–H groups in total. The van der Waals surface area contributed by atoms with Crippen LogP contribution in [0.5, 0.6) is 5.75 Å². The Hall–Kier alpha value is -2.22. The molecule has 25 heavy (non-hydrogen) atoms. The number of nitrogens with zero attached hydrogens (tertiary/aromatic N) is 1. The second-order valence-corrected chi connectivity index (χ2v) is 7.08. The molecule has 1 atom stereocenters. The SMILES string of the molecule is CCn1c(S(C)=O)c(C(=O)OC2CC2)c(=O)c2ccc(F)c(OC)c21. The van der Waals surface area contributed by atoms with Gasteiger partial charge >= 0.3 is 5.97 Å². The highest BCUT2D eigenvalue weighted by Gasteiger charge is 2.32. The highest BCUT2D eigenvalue weighted by atomic mass is 32.2. The van der Waals surface area contributed by atoms with E-state index in [0.29, 0.717) is 0 Å². The number of carbonyl (C=O) groups is 1. The van der Waals surface area contributed by atoms with Gasteiger partial charge in [0.25, 0.3) is 0 Å². The van der Waals surface area contributed by atoms with Crippen molar-refractivity contribution in [3.05, 3.63) is 33.7 Å². The number of methoxy groups -OCH3 is 1. The van der Waals surface area contributed by atoms with Crippen molar-refractivity contribution in [3.8, 4) is 5.75 Å². The third kappa shape index (κ3) is 2.95. The molecule has 1 aliphatic rings. The predicted molar refractivity (Wildman–Crippen MR) is 91.2 cm³/mol. The Bertz CT molecular complexity index is 948. The molecule has 0 aliphatic heterocycles. The maximum atomic E-state index is 14.1. The summed E-state index contributed by atoms with van der Waals surface area (Å²) in [7, 11) is -0.374. The molecule has 8 heteroatoms. The van der Waals surface area contributed by atoms with Crippen molar-refractivity contribution in [1.29, 1.82) is 0 Å². The minimum atomic E-state index is -1.67. The fraction of sp³-hybridized carbons (Fsp3) is 0.412. The van der Waals surface area contributed by atoms with Crippen molar-refractivity contribution in [2.75, 3.05) is 13.4 Å². The third-order valence-electron chi connectivity index (χ3n) is 4.08. The number of ether oxygens (including phenoxy) is 2. The van der Waals surface area contributed by atoms with Gasteiger partial charge in [-0.25, -0.2) is 9.18 Å². The molecule has 1 unspecified atom stereocenters. The van der Waals surface area contributed by atoms with Crippen LogP contribution in [0.15, 0.2) is 22.0 Å². The number of hydrogen-bond acceptors (Lipinski definition) is 5. The molecule has 1 saturated carbocycles. The molecular formula is C17H18FNO5S. The van der Waals surface area contributed by atoms with Crippen LogP contribution >= 0.6 is 0 Å². The lowest BCUT2D eigenvalue weighted by molar-refractivity contribution is 0.0464. The number of aryl methyl sites for hydroxylation is 1. The Morgan fingerprint density at radius 1 is 1.40 bits per heavy atom. The second kappa shape index (κ2) is 6.59. The lowest BCUT2D eigenvalue weighted by Gasteiger charge is -2.19. The number of esters is 1. The van der Waals surface area contributed by atoms with Crippen molar-refractivity contribution < 1.29 is 22.9 Å². The largest absolute Gasteiger partial charge is 0.492 e. The van der Waals surface area contributed by atoms with E-state index >= 15 is 0 Å². The lowest BCUT2D eigenvalue weighted by Crippen LogP contribution is -2.26. The van der Waals surface area contributed by atoms with Crippen LogP contribution in [0.1, 0.15) is 30.1 Å². The summed E-state index contributed by atoms with van der Waals surface area (Å²) >= 11 is 0. The fourth-order valence-corrected chi connectivity index (χ4v) is 3.83. The quantitative estimate of drug-likeness (QED) is 0.758. The molecule has 1 aliphatic carbocycles. The van der Waals surface area contributed by atoms with E-state index in [1.165, 1.54) is 24.0 Å². The zero-order valence-electron chi connectivity index (χ0n) is 14.1. The normalized spacial score (nSPS) is 15.2. The average Bonchev–Trinajstić information content (AvgIpc) is 3.37. The molecule has 0 saturated heterocycles. The molecule has 0 spiro atoms. The summed E-state index contributed by atoms with van der Waals surface area (Å²) in [5.41, 5.74) is -0.701. The van der Waals surface area contributed by atoms with Crippen LogP contribution in [0, 0.1) is 5.82 Å². The molecule has 1 fully saturated rings. The zero-order valence-corrected chi connectivity index (χ0v) is 14.9.